The predicted octanol–water partition coefficient (Wildman–Crippen LogP) is 4.81. The summed E-state index contributed by atoms with van der Waals surface area (Å²) in [7, 11) is 0. The van der Waals surface area contributed by atoms with Crippen LogP contribution in [0.4, 0.5) is 0 Å². The minimum absolute atomic E-state index is 0.0611. The van der Waals surface area contributed by atoms with Crippen LogP contribution in [0, 0.1) is 0 Å². The van der Waals surface area contributed by atoms with Crippen LogP contribution in [0.3, 0.4) is 0 Å². The number of nitrogens with zero attached hydrogens (tertiary/aromatic N) is 2. The molecule has 1 aliphatic rings. The van der Waals surface area contributed by atoms with Crippen molar-refractivity contribution in [3.05, 3.63) is 64.9 Å². The fourth-order valence-corrected chi connectivity index (χ4v) is 4.40. The molecule has 3 aromatic rings. The Balaban J connectivity index is 1.39. The molecule has 0 saturated carbocycles. The largest absolute Gasteiger partial charge is 0.340 e. The number of nitrogens with one attached hydrogen (secondary N) is 1. The van der Waals surface area contributed by atoms with Gasteiger partial charge in [0, 0.05) is 17.3 Å². The zero-order chi connectivity index (χ0) is 17.9. The molecule has 4 rings (SSSR count). The van der Waals surface area contributed by atoms with Crippen molar-refractivity contribution >= 4 is 40.3 Å². The number of carbonyl (C=O) groups excluding carboxylic acids is 1. The first kappa shape index (κ1) is 17.4. The highest BCUT2D eigenvalue weighted by atomic mass is 35.5. The van der Waals surface area contributed by atoms with E-state index in [4.69, 9.17) is 16.6 Å². The minimum atomic E-state index is 0.0611. The van der Waals surface area contributed by atoms with E-state index in [1.165, 1.54) is 5.56 Å². The topological polar surface area (TPSA) is 49.0 Å². The Morgan fingerprint density at radius 3 is 2.85 bits per heavy atom. The van der Waals surface area contributed by atoms with Gasteiger partial charge in [-0.25, -0.2) is 4.98 Å². The summed E-state index contributed by atoms with van der Waals surface area (Å²) in [6.07, 6.45) is 1.99. The first-order valence-electron chi connectivity index (χ1n) is 8.77. The molecule has 26 heavy (non-hydrogen) atoms. The van der Waals surface area contributed by atoms with Crippen LogP contribution in [0.25, 0.3) is 11.0 Å². The monoisotopic (exact) mass is 385 g/mol. The summed E-state index contributed by atoms with van der Waals surface area (Å²) in [5, 5.41) is 0.737. The number of hydrogen-bond acceptors (Lipinski definition) is 3. The number of carbonyl (C=O) groups is 1. The van der Waals surface area contributed by atoms with E-state index >= 15 is 0 Å². The number of H-pyrrole nitrogens is 1. The van der Waals surface area contributed by atoms with Gasteiger partial charge in [-0.05, 0) is 42.7 Å². The highest BCUT2D eigenvalue weighted by molar-refractivity contribution is 7.99. The highest BCUT2D eigenvalue weighted by Crippen LogP contribution is 2.32. The number of amides is 1. The Kier molecular flexibility index (Phi) is 5.18. The molecular formula is C20H20ClN3OS. The average molecular weight is 386 g/mol. The van der Waals surface area contributed by atoms with Gasteiger partial charge in [0.25, 0.3) is 0 Å². The van der Waals surface area contributed by atoms with Gasteiger partial charge in [-0.3, -0.25) is 4.79 Å². The molecule has 1 unspecified atom stereocenters. The molecule has 0 spiro atoms. The predicted molar refractivity (Wildman–Crippen MR) is 107 cm³/mol. The summed E-state index contributed by atoms with van der Waals surface area (Å²) >= 11 is 7.55. The number of likely N-dealkylation sites (tertiary alicyclic amines) is 1. The molecular weight excluding hydrogens is 366 g/mol. The number of imidazole rings is 1. The van der Waals surface area contributed by atoms with E-state index < -0.39 is 0 Å². The number of hydrogen-bond donors (Lipinski definition) is 1. The second-order valence-electron chi connectivity index (χ2n) is 6.50. The van der Waals surface area contributed by atoms with E-state index in [1.807, 2.05) is 53.4 Å². The summed E-state index contributed by atoms with van der Waals surface area (Å²) in [5.74, 6) is 2.39. The molecule has 4 nitrogen and oxygen atoms in total. The SMILES string of the molecule is O=C(CSCc1ccc(Cl)cc1)N1CCCC1c1nc2ccccc2[nH]1. The molecule has 0 radical (unpaired) electrons. The summed E-state index contributed by atoms with van der Waals surface area (Å²) < 4.78 is 0. The van der Waals surface area contributed by atoms with Crippen molar-refractivity contribution in [2.75, 3.05) is 12.3 Å². The summed E-state index contributed by atoms with van der Waals surface area (Å²) in [5.41, 5.74) is 3.17. The van der Waals surface area contributed by atoms with Crippen molar-refractivity contribution < 1.29 is 4.79 Å². The van der Waals surface area contributed by atoms with E-state index in [0.29, 0.717) is 5.75 Å². The minimum Gasteiger partial charge on any atom is -0.340 e. The Bertz CT molecular complexity index is 876. The van der Waals surface area contributed by atoms with Crippen molar-refractivity contribution in [2.45, 2.75) is 24.6 Å². The normalized spacial score (nSPS) is 17.1. The lowest BCUT2D eigenvalue weighted by molar-refractivity contribution is -0.129. The molecule has 6 heteroatoms. The summed E-state index contributed by atoms with van der Waals surface area (Å²) in [6.45, 7) is 0.808. The van der Waals surface area contributed by atoms with Crippen LogP contribution in [0.1, 0.15) is 30.3 Å². The van der Waals surface area contributed by atoms with E-state index in [0.717, 1.165) is 47.0 Å². The number of para-hydroxylation sites is 2. The maximum atomic E-state index is 12.7. The Hall–Kier alpha value is -1.98. The van der Waals surface area contributed by atoms with E-state index in [9.17, 15) is 4.79 Å². The maximum Gasteiger partial charge on any atom is 0.233 e. The third kappa shape index (κ3) is 3.74. The Labute approximate surface area is 161 Å². The Morgan fingerprint density at radius 2 is 2.04 bits per heavy atom. The van der Waals surface area contributed by atoms with Crippen LogP contribution in [-0.4, -0.2) is 33.1 Å². The molecule has 1 atom stereocenters. The zero-order valence-corrected chi connectivity index (χ0v) is 15.9. The van der Waals surface area contributed by atoms with Gasteiger partial charge >= 0.3 is 0 Å². The molecule has 0 bridgehead atoms. The molecule has 2 aromatic carbocycles. The molecule has 1 fully saturated rings. The zero-order valence-electron chi connectivity index (χ0n) is 14.3. The Morgan fingerprint density at radius 1 is 1.23 bits per heavy atom. The molecule has 2 heterocycles. The van der Waals surface area contributed by atoms with Gasteiger partial charge in [0.1, 0.15) is 5.82 Å². The second-order valence-corrected chi connectivity index (χ2v) is 7.93. The van der Waals surface area contributed by atoms with E-state index in [2.05, 4.69) is 4.98 Å². The fourth-order valence-electron chi connectivity index (χ4n) is 3.40. The lowest BCUT2D eigenvalue weighted by atomic mass is 10.2. The van der Waals surface area contributed by atoms with Gasteiger partial charge in [-0.1, -0.05) is 35.9 Å². The van der Waals surface area contributed by atoms with Gasteiger partial charge < -0.3 is 9.88 Å². The molecule has 1 aliphatic heterocycles. The van der Waals surface area contributed by atoms with Gasteiger partial charge in [0.2, 0.25) is 5.91 Å². The summed E-state index contributed by atoms with van der Waals surface area (Å²) in [6, 6.07) is 15.8. The number of aromatic nitrogens is 2. The standard InChI is InChI=1S/C20H20ClN3OS/c21-15-9-7-14(8-10-15)12-26-13-19(25)24-11-3-6-18(24)20-22-16-4-1-2-5-17(16)23-20/h1-2,4-5,7-10,18H,3,6,11-13H2,(H,22,23). The van der Waals surface area contributed by atoms with Crippen LogP contribution >= 0.6 is 23.4 Å². The van der Waals surface area contributed by atoms with E-state index in [-0.39, 0.29) is 11.9 Å². The van der Waals surface area contributed by atoms with Crippen LogP contribution in [0.15, 0.2) is 48.5 Å². The van der Waals surface area contributed by atoms with Gasteiger partial charge in [-0.2, -0.15) is 0 Å². The van der Waals surface area contributed by atoms with Crippen molar-refractivity contribution in [1.82, 2.24) is 14.9 Å². The molecule has 134 valence electrons. The summed E-state index contributed by atoms with van der Waals surface area (Å²) in [4.78, 5) is 22.8. The average Bonchev–Trinajstić information content (AvgIpc) is 3.29. The first-order valence-corrected chi connectivity index (χ1v) is 10.3. The lowest BCUT2D eigenvalue weighted by Gasteiger charge is -2.23. The lowest BCUT2D eigenvalue weighted by Crippen LogP contribution is -2.32. The fraction of sp³-hybridized carbons (Fsp3) is 0.300. The van der Waals surface area contributed by atoms with Gasteiger partial charge in [0.05, 0.1) is 22.8 Å². The van der Waals surface area contributed by atoms with Crippen LogP contribution in [-0.2, 0) is 10.5 Å². The first-order chi connectivity index (χ1) is 12.7. The maximum absolute atomic E-state index is 12.7. The quantitative estimate of drug-likeness (QED) is 0.685. The number of halogens is 1. The third-order valence-corrected chi connectivity index (χ3v) is 5.94. The van der Waals surface area contributed by atoms with Crippen molar-refractivity contribution in [2.24, 2.45) is 0 Å². The number of aromatic amines is 1. The number of fused-ring (bicyclic) bond motifs is 1. The highest BCUT2D eigenvalue weighted by Gasteiger charge is 2.31. The number of benzene rings is 2. The van der Waals surface area contributed by atoms with Crippen molar-refractivity contribution in [3.8, 4) is 0 Å². The molecule has 1 N–H and O–H groups in total. The molecule has 1 aromatic heterocycles. The van der Waals surface area contributed by atoms with Crippen LogP contribution < -0.4 is 0 Å². The number of rotatable bonds is 5. The van der Waals surface area contributed by atoms with Crippen molar-refractivity contribution in [3.63, 3.8) is 0 Å². The molecule has 1 amide bonds. The third-order valence-electron chi connectivity index (χ3n) is 4.70. The number of thioether (sulfide) groups is 1. The van der Waals surface area contributed by atoms with Gasteiger partial charge in [0.15, 0.2) is 0 Å². The smallest absolute Gasteiger partial charge is 0.233 e. The van der Waals surface area contributed by atoms with Crippen LogP contribution in [0.5, 0.6) is 0 Å². The van der Waals surface area contributed by atoms with E-state index in [1.54, 1.807) is 11.8 Å². The molecule has 0 aliphatic carbocycles. The molecule has 1 saturated heterocycles. The van der Waals surface area contributed by atoms with Crippen molar-refractivity contribution in [1.29, 1.82) is 0 Å². The second kappa shape index (κ2) is 7.72. The van der Waals surface area contributed by atoms with Gasteiger partial charge in [-0.15, -0.1) is 11.8 Å². The van der Waals surface area contributed by atoms with Crippen LogP contribution in [0.2, 0.25) is 5.02 Å².